The van der Waals surface area contributed by atoms with Gasteiger partial charge in [-0.3, -0.25) is 0 Å². The average molecular weight is 451 g/mol. The molecule has 0 fully saturated rings. The van der Waals surface area contributed by atoms with Gasteiger partial charge in [-0.1, -0.05) is 40.9 Å². The van der Waals surface area contributed by atoms with Crippen LogP contribution >= 0.6 is 50.7 Å². The Bertz CT molecular complexity index is 768. The van der Waals surface area contributed by atoms with E-state index in [1.807, 2.05) is 0 Å². The summed E-state index contributed by atoms with van der Waals surface area (Å²) in [7, 11) is 1.31. The van der Waals surface area contributed by atoms with Gasteiger partial charge < -0.3 is 9.47 Å². The molecule has 0 aliphatic carbocycles. The molecule has 0 unspecified atom stereocenters. The monoisotopic (exact) mass is 448 g/mol. The van der Waals surface area contributed by atoms with E-state index in [1.165, 1.54) is 13.2 Å². The Morgan fingerprint density at radius 3 is 2.54 bits per heavy atom. The zero-order chi connectivity index (χ0) is 17.7. The standard InChI is InChI=1S/C17H12BrCl3O3/c1-23-16(22)5-2-10-6-13(18)17(15(21)7-10)24-9-11-3-4-12(19)8-14(11)20/h2-8H,9H2,1H3/b5-2+. The van der Waals surface area contributed by atoms with Crippen molar-refractivity contribution in [3.8, 4) is 5.75 Å². The van der Waals surface area contributed by atoms with E-state index in [9.17, 15) is 4.79 Å². The summed E-state index contributed by atoms with van der Waals surface area (Å²) in [5.74, 6) is 0.0397. The topological polar surface area (TPSA) is 35.5 Å². The predicted octanol–water partition coefficient (Wildman–Crippen LogP) is 6.17. The molecule has 3 nitrogen and oxygen atoms in total. The number of ether oxygens (including phenoxy) is 2. The van der Waals surface area contributed by atoms with Crippen LogP contribution in [-0.2, 0) is 16.1 Å². The molecular weight excluding hydrogens is 438 g/mol. The molecule has 2 aromatic rings. The predicted molar refractivity (Wildman–Crippen MR) is 101 cm³/mol. The van der Waals surface area contributed by atoms with Crippen molar-refractivity contribution in [3.05, 3.63) is 67.1 Å². The van der Waals surface area contributed by atoms with Crippen LogP contribution in [0.25, 0.3) is 6.08 Å². The van der Waals surface area contributed by atoms with Gasteiger partial charge >= 0.3 is 5.97 Å². The lowest BCUT2D eigenvalue weighted by molar-refractivity contribution is -0.134. The van der Waals surface area contributed by atoms with Crippen molar-refractivity contribution in [2.75, 3.05) is 7.11 Å². The van der Waals surface area contributed by atoms with Crippen LogP contribution in [0.3, 0.4) is 0 Å². The Balaban J connectivity index is 2.16. The Morgan fingerprint density at radius 2 is 1.92 bits per heavy atom. The van der Waals surface area contributed by atoms with Gasteiger partial charge in [0.2, 0.25) is 0 Å². The number of benzene rings is 2. The van der Waals surface area contributed by atoms with Crippen LogP contribution in [-0.4, -0.2) is 13.1 Å². The third-order valence-corrected chi connectivity index (χ3v) is 4.48. The van der Waals surface area contributed by atoms with Crippen LogP contribution in [0, 0.1) is 0 Å². The molecule has 2 aromatic carbocycles. The Labute approximate surface area is 163 Å². The lowest BCUT2D eigenvalue weighted by Crippen LogP contribution is -1.98. The fourth-order valence-electron chi connectivity index (χ4n) is 1.83. The van der Waals surface area contributed by atoms with Crippen LogP contribution in [0.4, 0.5) is 0 Å². The van der Waals surface area contributed by atoms with E-state index in [0.717, 1.165) is 11.1 Å². The Hall–Kier alpha value is -1.20. The van der Waals surface area contributed by atoms with E-state index in [2.05, 4.69) is 20.7 Å². The molecule has 0 saturated carbocycles. The molecule has 0 aromatic heterocycles. The molecule has 2 rings (SSSR count). The van der Waals surface area contributed by atoms with Crippen LogP contribution in [0.2, 0.25) is 15.1 Å². The van der Waals surface area contributed by atoms with E-state index < -0.39 is 5.97 Å². The number of halogens is 4. The molecule has 7 heteroatoms. The zero-order valence-electron chi connectivity index (χ0n) is 12.5. The maximum atomic E-state index is 11.1. The lowest BCUT2D eigenvalue weighted by atomic mass is 10.2. The van der Waals surface area contributed by atoms with Gasteiger partial charge in [0.15, 0.2) is 5.75 Å². The van der Waals surface area contributed by atoms with Crippen molar-refractivity contribution >= 4 is 62.8 Å². The molecule has 0 N–H and O–H groups in total. The first-order valence-corrected chi connectivity index (χ1v) is 8.65. The van der Waals surface area contributed by atoms with Crippen molar-refractivity contribution in [1.29, 1.82) is 0 Å². The molecule has 0 bridgehead atoms. The van der Waals surface area contributed by atoms with Gasteiger partial charge in [0, 0.05) is 21.7 Å². The summed E-state index contributed by atoms with van der Waals surface area (Å²) in [6.45, 7) is 0.242. The maximum Gasteiger partial charge on any atom is 0.330 e. The zero-order valence-corrected chi connectivity index (χ0v) is 16.3. The molecule has 0 aliphatic rings. The number of hydrogen-bond donors (Lipinski definition) is 0. The van der Waals surface area contributed by atoms with E-state index in [0.29, 0.717) is 25.3 Å². The third kappa shape index (κ3) is 5.15. The Kier molecular flexibility index (Phi) is 6.99. The maximum absolute atomic E-state index is 11.1. The summed E-state index contributed by atoms with van der Waals surface area (Å²) >= 11 is 21.7. The quantitative estimate of drug-likeness (QED) is 0.403. The van der Waals surface area contributed by atoms with Crippen molar-refractivity contribution in [2.45, 2.75) is 6.61 Å². The van der Waals surface area contributed by atoms with Crippen LogP contribution < -0.4 is 4.74 Å². The van der Waals surface area contributed by atoms with Gasteiger partial charge in [0.1, 0.15) is 6.61 Å². The van der Waals surface area contributed by atoms with E-state index >= 15 is 0 Å². The summed E-state index contributed by atoms with van der Waals surface area (Å²) in [5.41, 5.74) is 1.52. The van der Waals surface area contributed by atoms with Crippen LogP contribution in [0.1, 0.15) is 11.1 Å². The highest BCUT2D eigenvalue weighted by molar-refractivity contribution is 9.10. The minimum atomic E-state index is -0.444. The molecular formula is C17H12BrCl3O3. The summed E-state index contributed by atoms with van der Waals surface area (Å²) in [5, 5.41) is 1.48. The largest absolute Gasteiger partial charge is 0.486 e. The van der Waals surface area contributed by atoms with Gasteiger partial charge in [-0.2, -0.15) is 0 Å². The van der Waals surface area contributed by atoms with Crippen molar-refractivity contribution in [1.82, 2.24) is 0 Å². The number of rotatable bonds is 5. The fraction of sp³-hybridized carbons (Fsp3) is 0.118. The van der Waals surface area contributed by atoms with Gasteiger partial charge in [-0.25, -0.2) is 4.79 Å². The number of carbonyl (C=O) groups excluding carboxylic acids is 1. The molecule has 0 amide bonds. The highest BCUT2D eigenvalue weighted by atomic mass is 79.9. The molecule has 0 heterocycles. The number of esters is 1. The number of hydrogen-bond acceptors (Lipinski definition) is 3. The Morgan fingerprint density at radius 1 is 1.17 bits per heavy atom. The highest BCUT2D eigenvalue weighted by Gasteiger charge is 2.10. The average Bonchev–Trinajstić information content (AvgIpc) is 2.53. The minimum absolute atomic E-state index is 0.242. The first-order valence-electron chi connectivity index (χ1n) is 6.72. The van der Waals surface area contributed by atoms with E-state index in [4.69, 9.17) is 39.5 Å². The molecule has 24 heavy (non-hydrogen) atoms. The van der Waals surface area contributed by atoms with E-state index in [-0.39, 0.29) is 6.61 Å². The van der Waals surface area contributed by atoms with Gasteiger partial charge in [-0.15, -0.1) is 0 Å². The normalized spacial score (nSPS) is 10.9. The molecule has 0 spiro atoms. The van der Waals surface area contributed by atoms with Crippen molar-refractivity contribution < 1.29 is 14.3 Å². The van der Waals surface area contributed by atoms with Gasteiger partial charge in [0.25, 0.3) is 0 Å². The van der Waals surface area contributed by atoms with E-state index in [1.54, 1.807) is 36.4 Å². The summed E-state index contributed by atoms with van der Waals surface area (Å²) in [6.07, 6.45) is 2.91. The smallest absolute Gasteiger partial charge is 0.330 e. The second kappa shape index (κ2) is 8.77. The second-order valence-electron chi connectivity index (χ2n) is 4.69. The summed E-state index contributed by atoms with van der Waals surface area (Å²) < 4.78 is 11.0. The molecule has 0 radical (unpaired) electrons. The van der Waals surface area contributed by atoms with Crippen molar-refractivity contribution in [3.63, 3.8) is 0 Å². The molecule has 0 aliphatic heterocycles. The van der Waals surface area contributed by atoms with Crippen molar-refractivity contribution in [2.24, 2.45) is 0 Å². The van der Waals surface area contributed by atoms with Crippen LogP contribution in [0.15, 0.2) is 40.9 Å². The summed E-state index contributed by atoms with van der Waals surface area (Å²) in [6, 6.07) is 8.65. The fourth-order valence-corrected chi connectivity index (χ4v) is 3.29. The SMILES string of the molecule is COC(=O)/C=C/c1cc(Cl)c(OCc2ccc(Cl)cc2Cl)c(Br)c1. The highest BCUT2D eigenvalue weighted by Crippen LogP contribution is 2.36. The summed E-state index contributed by atoms with van der Waals surface area (Å²) in [4.78, 5) is 11.1. The first-order chi connectivity index (χ1) is 11.4. The third-order valence-electron chi connectivity index (χ3n) is 3.02. The minimum Gasteiger partial charge on any atom is -0.486 e. The number of carbonyl (C=O) groups is 1. The second-order valence-corrected chi connectivity index (χ2v) is 6.80. The van der Waals surface area contributed by atoms with Gasteiger partial charge in [-0.05, 0) is 51.8 Å². The molecule has 0 atom stereocenters. The first kappa shape index (κ1) is 19.1. The molecule has 126 valence electrons. The molecule has 0 saturated heterocycles. The lowest BCUT2D eigenvalue weighted by Gasteiger charge is -2.12. The van der Waals surface area contributed by atoms with Crippen LogP contribution in [0.5, 0.6) is 5.75 Å². The number of methoxy groups -OCH3 is 1. The van der Waals surface area contributed by atoms with Gasteiger partial charge in [0.05, 0.1) is 16.6 Å².